The van der Waals surface area contributed by atoms with E-state index >= 15 is 0 Å². The van der Waals surface area contributed by atoms with Gasteiger partial charge in [0, 0.05) is 31.4 Å². The minimum Gasteiger partial charge on any atom is -0.345 e. The van der Waals surface area contributed by atoms with Crippen LogP contribution in [0.4, 0.5) is 0 Å². The first-order chi connectivity index (χ1) is 15.0. The Morgan fingerprint density at radius 3 is 2.61 bits per heavy atom. The zero-order valence-electron chi connectivity index (χ0n) is 17.2. The van der Waals surface area contributed by atoms with E-state index in [4.69, 9.17) is 0 Å². The van der Waals surface area contributed by atoms with Gasteiger partial charge in [0.1, 0.15) is 5.69 Å². The largest absolute Gasteiger partial charge is 0.345 e. The highest BCUT2D eigenvalue weighted by Crippen LogP contribution is 2.19. The Balaban J connectivity index is 1.66. The Morgan fingerprint density at radius 2 is 1.94 bits per heavy atom. The highest BCUT2D eigenvalue weighted by Gasteiger charge is 2.20. The van der Waals surface area contributed by atoms with Crippen molar-refractivity contribution in [2.24, 2.45) is 7.05 Å². The van der Waals surface area contributed by atoms with Gasteiger partial charge in [0.15, 0.2) is 5.82 Å². The quantitative estimate of drug-likeness (QED) is 0.504. The molecule has 0 aliphatic carbocycles. The van der Waals surface area contributed by atoms with Crippen molar-refractivity contribution in [2.45, 2.75) is 19.4 Å². The van der Waals surface area contributed by atoms with E-state index < -0.39 is 0 Å². The number of nitrogens with zero attached hydrogens (tertiary/aromatic N) is 4. The summed E-state index contributed by atoms with van der Waals surface area (Å²) in [6.07, 6.45) is 3.54. The Hall–Kier alpha value is -4.07. The molecule has 0 unspecified atom stereocenters. The highest BCUT2D eigenvalue weighted by molar-refractivity contribution is 5.95. The number of H-pyrrole nitrogens is 1. The van der Waals surface area contributed by atoms with Gasteiger partial charge < -0.3 is 10.3 Å². The SMILES string of the molecule is Cc1c(C(=O)N[C@H](Cc2cc(=O)[nH]c(-c3ccccn3)n2)c2ccccc2)cnn1C. The lowest BCUT2D eigenvalue weighted by Crippen LogP contribution is -2.31. The van der Waals surface area contributed by atoms with Gasteiger partial charge in [-0.2, -0.15) is 5.10 Å². The summed E-state index contributed by atoms with van der Waals surface area (Å²) in [7, 11) is 1.79. The van der Waals surface area contributed by atoms with Gasteiger partial charge in [-0.1, -0.05) is 36.4 Å². The molecule has 1 aromatic carbocycles. The van der Waals surface area contributed by atoms with Crippen molar-refractivity contribution in [3.8, 4) is 11.5 Å². The monoisotopic (exact) mass is 414 g/mol. The number of aryl methyl sites for hydroxylation is 1. The summed E-state index contributed by atoms with van der Waals surface area (Å²) in [5.41, 5.74) is 3.06. The molecule has 3 aromatic heterocycles. The Labute approximate surface area is 179 Å². The van der Waals surface area contributed by atoms with Crippen molar-refractivity contribution in [1.29, 1.82) is 0 Å². The third kappa shape index (κ3) is 4.58. The number of hydrogen-bond acceptors (Lipinski definition) is 5. The fourth-order valence-corrected chi connectivity index (χ4v) is 3.34. The van der Waals surface area contributed by atoms with Crippen molar-refractivity contribution in [3.63, 3.8) is 0 Å². The first-order valence-electron chi connectivity index (χ1n) is 9.87. The van der Waals surface area contributed by atoms with E-state index in [1.807, 2.05) is 43.3 Å². The van der Waals surface area contributed by atoms with Crippen molar-refractivity contribution >= 4 is 5.91 Å². The summed E-state index contributed by atoms with van der Waals surface area (Å²) in [6, 6.07) is 16.1. The topological polar surface area (TPSA) is 106 Å². The molecule has 156 valence electrons. The summed E-state index contributed by atoms with van der Waals surface area (Å²) in [5, 5.41) is 7.22. The number of aromatic amines is 1. The van der Waals surface area contributed by atoms with Crippen molar-refractivity contribution in [3.05, 3.63) is 99.9 Å². The van der Waals surface area contributed by atoms with Crippen molar-refractivity contribution < 1.29 is 4.79 Å². The van der Waals surface area contributed by atoms with Gasteiger partial charge in [-0.3, -0.25) is 19.3 Å². The second kappa shape index (κ2) is 8.74. The van der Waals surface area contributed by atoms with Gasteiger partial charge >= 0.3 is 0 Å². The lowest BCUT2D eigenvalue weighted by atomic mass is 10.0. The summed E-state index contributed by atoms with van der Waals surface area (Å²) in [6.45, 7) is 1.84. The molecule has 2 N–H and O–H groups in total. The molecule has 0 saturated heterocycles. The van der Waals surface area contributed by atoms with Crippen molar-refractivity contribution in [2.75, 3.05) is 0 Å². The molecular formula is C23H22N6O2. The summed E-state index contributed by atoms with van der Waals surface area (Å²) in [4.78, 5) is 36.8. The zero-order valence-corrected chi connectivity index (χ0v) is 17.2. The first kappa shape index (κ1) is 20.2. The third-order valence-electron chi connectivity index (χ3n) is 5.10. The summed E-state index contributed by atoms with van der Waals surface area (Å²) in [5.74, 6) is 0.165. The van der Waals surface area contributed by atoms with Crippen LogP contribution in [-0.4, -0.2) is 30.6 Å². The Morgan fingerprint density at radius 1 is 1.16 bits per heavy atom. The van der Waals surface area contributed by atoms with E-state index in [0.29, 0.717) is 29.2 Å². The van der Waals surface area contributed by atoms with Crippen LogP contribution in [0.25, 0.3) is 11.5 Å². The van der Waals surface area contributed by atoms with Crippen LogP contribution in [0, 0.1) is 6.92 Å². The predicted molar refractivity (Wildman–Crippen MR) is 116 cm³/mol. The summed E-state index contributed by atoms with van der Waals surface area (Å²) >= 11 is 0. The maximum absolute atomic E-state index is 12.9. The van der Waals surface area contributed by atoms with E-state index in [2.05, 4.69) is 25.4 Å². The number of carbonyl (C=O) groups excluding carboxylic acids is 1. The highest BCUT2D eigenvalue weighted by atomic mass is 16.1. The zero-order chi connectivity index (χ0) is 21.8. The lowest BCUT2D eigenvalue weighted by molar-refractivity contribution is 0.0935. The molecule has 0 fully saturated rings. The fraction of sp³-hybridized carbons (Fsp3) is 0.174. The van der Waals surface area contributed by atoms with Crippen LogP contribution in [0.5, 0.6) is 0 Å². The average molecular weight is 414 g/mol. The molecule has 0 radical (unpaired) electrons. The van der Waals surface area contributed by atoms with E-state index in [9.17, 15) is 9.59 Å². The molecular weight excluding hydrogens is 392 g/mol. The number of carbonyl (C=O) groups is 1. The van der Waals surface area contributed by atoms with Gasteiger partial charge in [-0.25, -0.2) is 4.98 Å². The van der Waals surface area contributed by atoms with Crippen LogP contribution in [0.1, 0.15) is 33.4 Å². The molecule has 0 aliphatic heterocycles. The second-order valence-corrected chi connectivity index (χ2v) is 7.21. The fourth-order valence-electron chi connectivity index (χ4n) is 3.34. The van der Waals surface area contributed by atoms with Gasteiger partial charge in [-0.15, -0.1) is 0 Å². The first-order valence-corrected chi connectivity index (χ1v) is 9.87. The van der Waals surface area contributed by atoms with Crippen LogP contribution >= 0.6 is 0 Å². The maximum atomic E-state index is 12.9. The van der Waals surface area contributed by atoms with Crippen LogP contribution in [0.2, 0.25) is 0 Å². The number of aromatic nitrogens is 5. The minimum absolute atomic E-state index is 0.228. The standard InChI is InChI=1S/C23H22N6O2/c1-15-18(14-25-29(15)2)23(31)27-20(16-8-4-3-5-9-16)12-17-13-21(30)28-22(26-17)19-10-6-7-11-24-19/h3-11,13-14,20H,12H2,1-2H3,(H,27,31)(H,26,28,30)/t20-/m1/s1. The maximum Gasteiger partial charge on any atom is 0.255 e. The number of amides is 1. The molecule has 4 rings (SSSR count). The molecule has 8 heteroatoms. The summed E-state index contributed by atoms with van der Waals surface area (Å²) < 4.78 is 1.66. The Bertz CT molecular complexity index is 1250. The lowest BCUT2D eigenvalue weighted by Gasteiger charge is -2.19. The normalized spacial score (nSPS) is 11.8. The number of pyridine rings is 1. The molecule has 0 spiro atoms. The number of hydrogen-bond donors (Lipinski definition) is 2. The molecule has 4 aromatic rings. The predicted octanol–water partition coefficient (Wildman–Crippen LogP) is 2.59. The van der Waals surface area contributed by atoms with E-state index in [-0.39, 0.29) is 17.5 Å². The van der Waals surface area contributed by atoms with Crippen LogP contribution in [0.3, 0.4) is 0 Å². The smallest absolute Gasteiger partial charge is 0.255 e. The van der Waals surface area contributed by atoms with Crippen molar-refractivity contribution in [1.82, 2.24) is 30.0 Å². The molecule has 3 heterocycles. The van der Waals surface area contributed by atoms with E-state index in [1.54, 1.807) is 36.3 Å². The van der Waals surface area contributed by atoms with Crippen LogP contribution in [-0.2, 0) is 13.5 Å². The molecule has 0 aliphatic rings. The third-order valence-corrected chi connectivity index (χ3v) is 5.10. The minimum atomic E-state index is -0.376. The molecule has 8 nitrogen and oxygen atoms in total. The average Bonchev–Trinajstić information content (AvgIpc) is 3.12. The Kier molecular flexibility index (Phi) is 5.70. The van der Waals surface area contributed by atoms with Crippen LogP contribution in [0.15, 0.2) is 71.8 Å². The van der Waals surface area contributed by atoms with Crippen LogP contribution < -0.4 is 10.9 Å². The molecule has 1 amide bonds. The van der Waals surface area contributed by atoms with Gasteiger partial charge in [0.05, 0.1) is 23.5 Å². The number of nitrogens with one attached hydrogen (secondary N) is 2. The van der Waals surface area contributed by atoms with Gasteiger partial charge in [-0.05, 0) is 24.6 Å². The van der Waals surface area contributed by atoms with E-state index in [0.717, 1.165) is 11.3 Å². The number of benzene rings is 1. The van der Waals surface area contributed by atoms with Gasteiger partial charge in [0.25, 0.3) is 11.5 Å². The molecule has 31 heavy (non-hydrogen) atoms. The second-order valence-electron chi connectivity index (χ2n) is 7.21. The number of rotatable bonds is 6. The van der Waals surface area contributed by atoms with E-state index in [1.165, 1.54) is 6.07 Å². The molecule has 0 saturated carbocycles. The van der Waals surface area contributed by atoms with Gasteiger partial charge in [0.2, 0.25) is 0 Å². The molecule has 1 atom stereocenters. The molecule has 0 bridgehead atoms.